The first kappa shape index (κ1) is 15.3. The zero-order valence-corrected chi connectivity index (χ0v) is 15.2. The number of ketones is 1. The Balaban J connectivity index is 0.00000132. The summed E-state index contributed by atoms with van der Waals surface area (Å²) in [6.07, 6.45) is 2.81. The molecule has 6 heteroatoms. The molecular formula is C15H14Br2N2OS. The molecule has 2 heterocycles. The molecule has 3 aliphatic rings. The molecule has 4 rings (SSSR count). The van der Waals surface area contributed by atoms with E-state index in [-0.39, 0.29) is 28.3 Å². The Labute approximate surface area is 146 Å². The highest BCUT2D eigenvalue weighted by Gasteiger charge is 2.43. The van der Waals surface area contributed by atoms with Crippen molar-refractivity contribution in [2.45, 2.75) is 18.0 Å². The molecule has 1 aromatic rings. The van der Waals surface area contributed by atoms with Crippen molar-refractivity contribution in [3.05, 3.63) is 57.1 Å². The second kappa shape index (κ2) is 5.91. The van der Waals surface area contributed by atoms with Gasteiger partial charge in [-0.15, -0.1) is 17.0 Å². The minimum atomic E-state index is 0. The molecular weight excluding hydrogens is 416 g/mol. The Morgan fingerprint density at radius 3 is 2.81 bits per heavy atom. The standard InChI is InChI=1S/C15H13BrN2OS.BrH/c16-10-6-7-12-14(13(10)19)20-15-17-11(8-18(12)15)9-4-2-1-3-5-9;/h1-6,11,15,17H,7-8H2;1H. The molecule has 2 unspecified atom stereocenters. The van der Waals surface area contributed by atoms with Crippen LogP contribution in [-0.2, 0) is 4.79 Å². The first-order chi connectivity index (χ1) is 9.74. The average Bonchev–Trinajstić information content (AvgIpc) is 3.02. The Hall–Kier alpha value is -0.560. The summed E-state index contributed by atoms with van der Waals surface area (Å²) in [5.41, 5.74) is 2.68. The minimum absolute atomic E-state index is 0. The number of halogens is 2. The van der Waals surface area contributed by atoms with Crippen LogP contribution in [0.1, 0.15) is 18.0 Å². The number of hydrogen-bond acceptors (Lipinski definition) is 4. The van der Waals surface area contributed by atoms with Crippen molar-refractivity contribution in [3.8, 4) is 0 Å². The van der Waals surface area contributed by atoms with Gasteiger partial charge in [-0.3, -0.25) is 10.1 Å². The molecule has 0 spiro atoms. The first-order valence-corrected chi connectivity index (χ1v) is 8.29. The summed E-state index contributed by atoms with van der Waals surface area (Å²) in [5, 5.41) is 3.62. The van der Waals surface area contributed by atoms with Crippen LogP contribution < -0.4 is 5.32 Å². The number of nitrogens with zero attached hydrogens (tertiary/aromatic N) is 1. The molecule has 1 aliphatic carbocycles. The topological polar surface area (TPSA) is 32.3 Å². The van der Waals surface area contributed by atoms with Crippen LogP contribution in [0.5, 0.6) is 0 Å². The number of carbonyl (C=O) groups excluding carboxylic acids is 1. The quantitative estimate of drug-likeness (QED) is 0.737. The fourth-order valence-electron chi connectivity index (χ4n) is 2.94. The minimum Gasteiger partial charge on any atom is -0.347 e. The lowest BCUT2D eigenvalue weighted by atomic mass is 10.1. The maximum atomic E-state index is 12.1. The second-order valence-electron chi connectivity index (χ2n) is 5.11. The normalized spacial score (nSPS) is 27.2. The van der Waals surface area contributed by atoms with E-state index in [0.717, 1.165) is 17.9 Å². The monoisotopic (exact) mass is 428 g/mol. The van der Waals surface area contributed by atoms with E-state index in [1.807, 2.05) is 12.1 Å². The van der Waals surface area contributed by atoms with E-state index in [2.05, 4.69) is 50.4 Å². The smallest absolute Gasteiger partial charge is 0.207 e. The summed E-state index contributed by atoms with van der Waals surface area (Å²) in [6, 6.07) is 10.8. The van der Waals surface area contributed by atoms with Crippen LogP contribution in [0.2, 0.25) is 0 Å². The number of rotatable bonds is 1. The summed E-state index contributed by atoms with van der Waals surface area (Å²) < 4.78 is 0.699. The van der Waals surface area contributed by atoms with Gasteiger partial charge < -0.3 is 4.90 Å². The fourth-order valence-corrected chi connectivity index (χ4v) is 4.78. The van der Waals surface area contributed by atoms with Crippen LogP contribution >= 0.6 is 44.7 Å². The van der Waals surface area contributed by atoms with Crippen molar-refractivity contribution in [2.24, 2.45) is 0 Å². The van der Waals surface area contributed by atoms with Gasteiger partial charge >= 0.3 is 0 Å². The summed E-state index contributed by atoms with van der Waals surface area (Å²) in [6.45, 7) is 0.930. The molecule has 1 saturated heterocycles. The predicted molar refractivity (Wildman–Crippen MR) is 94.4 cm³/mol. The Kier molecular flexibility index (Phi) is 4.32. The van der Waals surface area contributed by atoms with Gasteiger partial charge in [0.2, 0.25) is 5.78 Å². The van der Waals surface area contributed by atoms with Crippen LogP contribution in [-0.4, -0.2) is 22.7 Å². The zero-order chi connectivity index (χ0) is 13.7. The van der Waals surface area contributed by atoms with Gasteiger partial charge in [-0.2, -0.15) is 0 Å². The predicted octanol–water partition coefficient (Wildman–Crippen LogP) is 3.70. The summed E-state index contributed by atoms with van der Waals surface area (Å²) in [5.74, 6) is 0.128. The van der Waals surface area contributed by atoms with Crippen LogP contribution in [0.25, 0.3) is 0 Å². The van der Waals surface area contributed by atoms with Crippen molar-refractivity contribution in [2.75, 3.05) is 6.54 Å². The van der Waals surface area contributed by atoms with Crippen molar-refractivity contribution < 1.29 is 4.79 Å². The summed E-state index contributed by atoms with van der Waals surface area (Å²) in [7, 11) is 0. The first-order valence-electron chi connectivity index (χ1n) is 6.62. The molecule has 0 bridgehead atoms. The maximum absolute atomic E-state index is 12.1. The van der Waals surface area contributed by atoms with E-state index < -0.39 is 0 Å². The fraction of sp³-hybridized carbons (Fsp3) is 0.267. The summed E-state index contributed by atoms with van der Waals surface area (Å²) in [4.78, 5) is 15.4. The number of benzene rings is 1. The van der Waals surface area contributed by atoms with Gasteiger partial charge in [0.15, 0.2) is 0 Å². The molecule has 0 radical (unpaired) electrons. The van der Waals surface area contributed by atoms with E-state index in [0.29, 0.717) is 10.5 Å². The molecule has 2 aliphatic heterocycles. The maximum Gasteiger partial charge on any atom is 0.207 e. The van der Waals surface area contributed by atoms with Gasteiger partial charge in [0.1, 0.15) is 5.50 Å². The van der Waals surface area contributed by atoms with E-state index in [1.165, 1.54) is 11.3 Å². The van der Waals surface area contributed by atoms with Crippen molar-refractivity contribution in [1.82, 2.24) is 10.2 Å². The second-order valence-corrected chi connectivity index (χ2v) is 7.06. The van der Waals surface area contributed by atoms with E-state index in [1.54, 1.807) is 11.8 Å². The molecule has 21 heavy (non-hydrogen) atoms. The van der Waals surface area contributed by atoms with Crippen LogP contribution in [0.15, 0.2) is 51.5 Å². The number of allylic oxidation sites excluding steroid dienone is 3. The highest BCUT2D eigenvalue weighted by molar-refractivity contribution is 9.12. The Morgan fingerprint density at radius 1 is 1.29 bits per heavy atom. The van der Waals surface area contributed by atoms with Gasteiger partial charge in [0, 0.05) is 18.7 Å². The van der Waals surface area contributed by atoms with Gasteiger partial charge in [-0.1, -0.05) is 48.2 Å². The van der Waals surface area contributed by atoms with Gasteiger partial charge in [0.05, 0.1) is 15.4 Å². The number of fused-ring (bicyclic) bond motifs is 2. The number of carbonyl (C=O) groups is 1. The number of thioether (sulfide) groups is 1. The van der Waals surface area contributed by atoms with Gasteiger partial charge in [-0.05, 0) is 21.5 Å². The third-order valence-corrected chi connectivity index (χ3v) is 5.90. The molecule has 0 amide bonds. The molecule has 0 saturated carbocycles. The molecule has 110 valence electrons. The van der Waals surface area contributed by atoms with Crippen molar-refractivity contribution in [1.29, 1.82) is 0 Å². The van der Waals surface area contributed by atoms with Gasteiger partial charge in [-0.25, -0.2) is 0 Å². The lowest BCUT2D eigenvalue weighted by molar-refractivity contribution is -0.111. The third-order valence-electron chi connectivity index (χ3n) is 3.94. The van der Waals surface area contributed by atoms with Crippen molar-refractivity contribution in [3.63, 3.8) is 0 Å². The molecule has 1 N–H and O–H groups in total. The SMILES string of the molecule is Br.O=C1C(Br)=CCC2=C1SC1NC(c3ccccc3)CN21. The highest BCUT2D eigenvalue weighted by Crippen LogP contribution is 2.47. The molecule has 2 atom stereocenters. The lowest BCUT2D eigenvalue weighted by Crippen LogP contribution is -2.27. The van der Waals surface area contributed by atoms with Gasteiger partial charge in [0.25, 0.3) is 0 Å². The Bertz CT molecular complexity index is 644. The van der Waals surface area contributed by atoms with E-state index in [4.69, 9.17) is 0 Å². The molecule has 3 nitrogen and oxygen atoms in total. The van der Waals surface area contributed by atoms with Crippen LogP contribution in [0.4, 0.5) is 0 Å². The highest BCUT2D eigenvalue weighted by atomic mass is 79.9. The van der Waals surface area contributed by atoms with Crippen LogP contribution in [0.3, 0.4) is 0 Å². The number of hydrogen-bond donors (Lipinski definition) is 1. The molecule has 0 aromatic heterocycles. The summed E-state index contributed by atoms with van der Waals surface area (Å²) >= 11 is 4.99. The number of nitrogens with one attached hydrogen (secondary N) is 1. The van der Waals surface area contributed by atoms with Crippen molar-refractivity contribution >= 4 is 50.5 Å². The lowest BCUT2D eigenvalue weighted by Gasteiger charge is -2.20. The van der Waals surface area contributed by atoms with Crippen LogP contribution in [0, 0.1) is 0 Å². The molecule has 1 fully saturated rings. The zero-order valence-electron chi connectivity index (χ0n) is 11.1. The third kappa shape index (κ3) is 2.52. The van der Waals surface area contributed by atoms with E-state index >= 15 is 0 Å². The number of Topliss-reactive ketones (excluding diaryl/α,β-unsaturated/α-hetero) is 1. The van der Waals surface area contributed by atoms with E-state index in [9.17, 15) is 4.79 Å². The molecule has 1 aromatic carbocycles. The largest absolute Gasteiger partial charge is 0.347 e. The Morgan fingerprint density at radius 2 is 2.05 bits per heavy atom. The average molecular weight is 430 g/mol.